The lowest BCUT2D eigenvalue weighted by Gasteiger charge is -2.13. The van der Waals surface area contributed by atoms with Gasteiger partial charge in [-0.2, -0.15) is 0 Å². The van der Waals surface area contributed by atoms with Gasteiger partial charge in [0.2, 0.25) is 0 Å². The normalized spacial score (nSPS) is 12.6. The van der Waals surface area contributed by atoms with E-state index in [-0.39, 0.29) is 6.04 Å². The Bertz CT molecular complexity index is 490. The molecule has 0 spiro atoms. The summed E-state index contributed by atoms with van der Waals surface area (Å²) in [4.78, 5) is 4.32. The molecule has 4 nitrogen and oxygen atoms in total. The number of aromatic nitrogens is 2. The molecule has 1 aromatic carbocycles. The van der Waals surface area contributed by atoms with E-state index in [1.807, 2.05) is 36.1 Å². The molecule has 2 aromatic rings. The number of nitrogens with one attached hydrogen (secondary N) is 1. The highest BCUT2D eigenvalue weighted by atomic mass is 16.3. The Hall–Kier alpha value is -1.81. The second kappa shape index (κ2) is 5.69. The SMILES string of the molecule is CC(NCCc1ccc(O)cc1)c1nccn1C. The molecule has 0 amide bonds. The highest BCUT2D eigenvalue weighted by molar-refractivity contribution is 5.26. The first-order valence-electron chi connectivity index (χ1n) is 6.15. The third-order valence-corrected chi connectivity index (χ3v) is 3.05. The first kappa shape index (κ1) is 12.6. The Labute approximate surface area is 107 Å². The van der Waals surface area contributed by atoms with E-state index >= 15 is 0 Å². The van der Waals surface area contributed by atoms with Crippen LogP contribution in [-0.2, 0) is 13.5 Å². The van der Waals surface area contributed by atoms with Gasteiger partial charge < -0.3 is 15.0 Å². The molecule has 1 aromatic heterocycles. The van der Waals surface area contributed by atoms with Gasteiger partial charge in [0.1, 0.15) is 11.6 Å². The molecule has 1 atom stereocenters. The number of aromatic hydroxyl groups is 1. The number of hydrogen-bond donors (Lipinski definition) is 2. The van der Waals surface area contributed by atoms with Gasteiger partial charge >= 0.3 is 0 Å². The Morgan fingerprint density at radius 1 is 1.33 bits per heavy atom. The predicted molar refractivity (Wildman–Crippen MR) is 71.4 cm³/mol. The van der Waals surface area contributed by atoms with Crippen LogP contribution in [0.25, 0.3) is 0 Å². The van der Waals surface area contributed by atoms with E-state index in [0.29, 0.717) is 5.75 Å². The first-order valence-corrected chi connectivity index (χ1v) is 6.15. The standard InChI is InChI=1S/C14H19N3O/c1-11(14-16-9-10-17(14)2)15-8-7-12-3-5-13(18)6-4-12/h3-6,9-11,15,18H,7-8H2,1-2H3. The zero-order valence-electron chi connectivity index (χ0n) is 10.8. The van der Waals surface area contributed by atoms with Crippen LogP contribution in [0.4, 0.5) is 0 Å². The average molecular weight is 245 g/mol. The van der Waals surface area contributed by atoms with Gasteiger partial charge in [0.05, 0.1) is 6.04 Å². The topological polar surface area (TPSA) is 50.1 Å². The van der Waals surface area contributed by atoms with Gasteiger partial charge in [-0.25, -0.2) is 4.98 Å². The maximum Gasteiger partial charge on any atom is 0.125 e. The van der Waals surface area contributed by atoms with Crippen LogP contribution >= 0.6 is 0 Å². The van der Waals surface area contributed by atoms with Gasteiger partial charge in [-0.05, 0) is 37.6 Å². The lowest BCUT2D eigenvalue weighted by molar-refractivity contribution is 0.475. The van der Waals surface area contributed by atoms with Crippen LogP contribution < -0.4 is 5.32 Å². The fraction of sp³-hybridized carbons (Fsp3) is 0.357. The number of hydrogen-bond acceptors (Lipinski definition) is 3. The molecule has 0 aliphatic rings. The smallest absolute Gasteiger partial charge is 0.125 e. The monoisotopic (exact) mass is 245 g/mol. The summed E-state index contributed by atoms with van der Waals surface area (Å²) in [7, 11) is 2.00. The fourth-order valence-corrected chi connectivity index (χ4v) is 1.98. The van der Waals surface area contributed by atoms with Crippen LogP contribution in [0.3, 0.4) is 0 Å². The van der Waals surface area contributed by atoms with E-state index < -0.39 is 0 Å². The van der Waals surface area contributed by atoms with E-state index in [9.17, 15) is 5.11 Å². The van der Waals surface area contributed by atoms with Crippen molar-refractivity contribution in [2.24, 2.45) is 7.05 Å². The average Bonchev–Trinajstić information content (AvgIpc) is 2.78. The van der Waals surface area contributed by atoms with Crippen molar-refractivity contribution in [3.63, 3.8) is 0 Å². The van der Waals surface area contributed by atoms with E-state index in [0.717, 1.165) is 18.8 Å². The molecule has 0 fully saturated rings. The maximum atomic E-state index is 9.20. The van der Waals surface area contributed by atoms with E-state index in [4.69, 9.17) is 0 Å². The van der Waals surface area contributed by atoms with Crippen LogP contribution in [0, 0.1) is 0 Å². The van der Waals surface area contributed by atoms with Crippen molar-refractivity contribution in [2.45, 2.75) is 19.4 Å². The Morgan fingerprint density at radius 2 is 2.06 bits per heavy atom. The van der Waals surface area contributed by atoms with Crippen molar-refractivity contribution in [3.8, 4) is 5.75 Å². The minimum atomic E-state index is 0.238. The molecule has 18 heavy (non-hydrogen) atoms. The lowest BCUT2D eigenvalue weighted by atomic mass is 10.1. The van der Waals surface area contributed by atoms with Crippen molar-refractivity contribution in [1.29, 1.82) is 0 Å². The number of nitrogens with zero attached hydrogens (tertiary/aromatic N) is 2. The summed E-state index contributed by atoms with van der Waals surface area (Å²) >= 11 is 0. The van der Waals surface area contributed by atoms with Crippen LogP contribution in [0.15, 0.2) is 36.7 Å². The molecule has 0 radical (unpaired) electrons. The summed E-state index contributed by atoms with van der Waals surface area (Å²) in [6.45, 7) is 3.00. The quantitative estimate of drug-likeness (QED) is 0.847. The number of imidazole rings is 1. The molecule has 0 saturated carbocycles. The Balaban J connectivity index is 1.82. The third-order valence-electron chi connectivity index (χ3n) is 3.05. The molecular weight excluding hydrogens is 226 g/mol. The second-order valence-corrected chi connectivity index (χ2v) is 4.49. The first-order chi connectivity index (χ1) is 8.66. The van der Waals surface area contributed by atoms with Crippen molar-refractivity contribution < 1.29 is 5.11 Å². The highest BCUT2D eigenvalue weighted by Gasteiger charge is 2.08. The molecule has 0 bridgehead atoms. The maximum absolute atomic E-state index is 9.20. The molecule has 2 rings (SSSR count). The molecule has 0 aliphatic carbocycles. The molecule has 96 valence electrons. The molecule has 1 heterocycles. The summed E-state index contributed by atoms with van der Waals surface area (Å²) in [5, 5.41) is 12.6. The van der Waals surface area contributed by atoms with E-state index in [2.05, 4.69) is 17.2 Å². The van der Waals surface area contributed by atoms with Crippen molar-refractivity contribution in [1.82, 2.24) is 14.9 Å². The van der Waals surface area contributed by atoms with Crippen molar-refractivity contribution in [2.75, 3.05) is 6.54 Å². The number of benzene rings is 1. The summed E-state index contributed by atoms with van der Waals surface area (Å²) < 4.78 is 2.03. The van der Waals surface area contributed by atoms with Crippen LogP contribution in [0.5, 0.6) is 5.75 Å². The summed E-state index contributed by atoms with van der Waals surface area (Å²) in [5.41, 5.74) is 1.22. The summed E-state index contributed by atoms with van der Waals surface area (Å²) in [6.07, 6.45) is 4.70. The largest absolute Gasteiger partial charge is 0.508 e. The highest BCUT2D eigenvalue weighted by Crippen LogP contribution is 2.11. The van der Waals surface area contributed by atoms with Crippen molar-refractivity contribution in [3.05, 3.63) is 48.0 Å². The third kappa shape index (κ3) is 3.11. The van der Waals surface area contributed by atoms with Gasteiger partial charge in [0, 0.05) is 19.4 Å². The zero-order chi connectivity index (χ0) is 13.0. The Morgan fingerprint density at radius 3 is 2.67 bits per heavy atom. The van der Waals surface area contributed by atoms with Gasteiger partial charge in [0.15, 0.2) is 0 Å². The van der Waals surface area contributed by atoms with Crippen molar-refractivity contribution >= 4 is 0 Å². The van der Waals surface area contributed by atoms with Gasteiger partial charge in [-0.15, -0.1) is 0 Å². The zero-order valence-corrected chi connectivity index (χ0v) is 10.8. The Kier molecular flexibility index (Phi) is 3.99. The molecule has 0 saturated heterocycles. The predicted octanol–water partition coefficient (Wildman–Crippen LogP) is 2.02. The van der Waals surface area contributed by atoms with Gasteiger partial charge in [-0.1, -0.05) is 12.1 Å². The van der Waals surface area contributed by atoms with Gasteiger partial charge in [0.25, 0.3) is 0 Å². The van der Waals surface area contributed by atoms with Crippen LogP contribution in [0.1, 0.15) is 24.4 Å². The second-order valence-electron chi connectivity index (χ2n) is 4.49. The molecule has 1 unspecified atom stereocenters. The van der Waals surface area contributed by atoms with Crippen LogP contribution in [0.2, 0.25) is 0 Å². The van der Waals surface area contributed by atoms with E-state index in [1.54, 1.807) is 12.1 Å². The molecule has 4 heteroatoms. The number of aryl methyl sites for hydroxylation is 1. The number of rotatable bonds is 5. The summed E-state index contributed by atoms with van der Waals surface area (Å²) in [6, 6.07) is 7.57. The molecule has 2 N–H and O–H groups in total. The van der Waals surface area contributed by atoms with E-state index in [1.165, 1.54) is 5.56 Å². The molecular formula is C14H19N3O. The van der Waals surface area contributed by atoms with Crippen LogP contribution in [-0.4, -0.2) is 21.2 Å². The minimum absolute atomic E-state index is 0.238. The number of phenols is 1. The number of phenolic OH excluding ortho intramolecular Hbond substituents is 1. The van der Waals surface area contributed by atoms with Gasteiger partial charge in [-0.3, -0.25) is 0 Å². The lowest BCUT2D eigenvalue weighted by Crippen LogP contribution is -2.23. The fourth-order valence-electron chi connectivity index (χ4n) is 1.98. The minimum Gasteiger partial charge on any atom is -0.508 e. The molecule has 0 aliphatic heterocycles. The summed E-state index contributed by atoms with van der Waals surface area (Å²) in [5.74, 6) is 1.36.